The van der Waals surface area contributed by atoms with Crippen molar-refractivity contribution in [2.45, 2.75) is 44.2 Å². The molecule has 3 rings (SSSR count). The summed E-state index contributed by atoms with van der Waals surface area (Å²) in [5.41, 5.74) is 0.816. The quantitative estimate of drug-likeness (QED) is 0.612. The van der Waals surface area contributed by atoms with E-state index in [4.69, 9.17) is 0 Å². The van der Waals surface area contributed by atoms with Crippen molar-refractivity contribution in [3.05, 3.63) is 29.8 Å². The van der Waals surface area contributed by atoms with Crippen molar-refractivity contribution in [2.75, 3.05) is 5.32 Å². The summed E-state index contributed by atoms with van der Waals surface area (Å²) < 4.78 is 0. The summed E-state index contributed by atoms with van der Waals surface area (Å²) in [6.07, 6.45) is 4.49. The molecule has 0 bridgehead atoms. The average Bonchev–Trinajstić information content (AvgIpc) is 3.42. The Kier molecular flexibility index (Phi) is 4.69. The molecule has 0 aromatic heterocycles. The van der Waals surface area contributed by atoms with Crippen molar-refractivity contribution in [1.82, 2.24) is 10.6 Å². The molecule has 2 fully saturated rings. The maximum atomic E-state index is 12.3. The molecule has 0 spiro atoms. The molecule has 7 nitrogen and oxygen atoms in total. The van der Waals surface area contributed by atoms with E-state index in [0.717, 1.165) is 25.7 Å². The Balaban J connectivity index is 1.59. The van der Waals surface area contributed by atoms with Gasteiger partial charge in [0.1, 0.15) is 6.04 Å². The molecule has 0 heterocycles. The van der Waals surface area contributed by atoms with E-state index in [1.807, 2.05) is 0 Å². The minimum atomic E-state index is -1.02. The molecule has 2 aliphatic rings. The summed E-state index contributed by atoms with van der Waals surface area (Å²) >= 11 is 0. The summed E-state index contributed by atoms with van der Waals surface area (Å²) in [5.74, 6) is -1.08. The number of hydrogen-bond acceptors (Lipinski definition) is 3. The molecule has 2 saturated carbocycles. The highest BCUT2D eigenvalue weighted by molar-refractivity contribution is 5.98. The number of carboxylic acid groups (broad SMARTS) is 1. The van der Waals surface area contributed by atoms with E-state index in [1.54, 1.807) is 18.2 Å². The predicted octanol–water partition coefficient (Wildman–Crippen LogP) is 1.95. The Bertz CT molecular complexity index is 653. The maximum absolute atomic E-state index is 12.3. The molecule has 4 N–H and O–H groups in total. The lowest BCUT2D eigenvalue weighted by Gasteiger charge is -2.14. The predicted molar refractivity (Wildman–Crippen MR) is 87.8 cm³/mol. The highest BCUT2D eigenvalue weighted by Gasteiger charge is 2.30. The number of carbonyl (C=O) groups is 3. The zero-order chi connectivity index (χ0) is 17.1. The number of anilines is 1. The van der Waals surface area contributed by atoms with Crippen molar-refractivity contribution >= 4 is 23.6 Å². The smallest absolute Gasteiger partial charge is 0.326 e. The van der Waals surface area contributed by atoms with Crippen LogP contribution in [0.2, 0.25) is 0 Å². The first kappa shape index (κ1) is 16.3. The van der Waals surface area contributed by atoms with Gasteiger partial charge >= 0.3 is 12.0 Å². The van der Waals surface area contributed by atoms with Gasteiger partial charge in [-0.25, -0.2) is 9.59 Å². The molecule has 7 heteroatoms. The fraction of sp³-hybridized carbons (Fsp3) is 0.471. The van der Waals surface area contributed by atoms with Gasteiger partial charge in [0, 0.05) is 17.3 Å². The monoisotopic (exact) mass is 331 g/mol. The molecule has 3 amide bonds. The molecule has 1 aromatic rings. The molecule has 128 valence electrons. The van der Waals surface area contributed by atoms with Crippen LogP contribution in [0.5, 0.6) is 0 Å². The lowest BCUT2D eigenvalue weighted by atomic mass is 10.1. The SMILES string of the molecule is O=C(Nc1cccc(C(=O)NC(CC2CC2)C(=O)O)c1)NC1CC1. The van der Waals surface area contributed by atoms with Gasteiger partial charge in [-0.2, -0.15) is 0 Å². The van der Waals surface area contributed by atoms with Gasteiger partial charge in [0.2, 0.25) is 0 Å². The number of carbonyl (C=O) groups excluding carboxylic acids is 2. The second-order valence-electron chi connectivity index (χ2n) is 6.50. The van der Waals surface area contributed by atoms with Gasteiger partial charge in [0.25, 0.3) is 5.91 Å². The third-order valence-corrected chi connectivity index (χ3v) is 4.16. The van der Waals surface area contributed by atoms with E-state index in [9.17, 15) is 19.5 Å². The van der Waals surface area contributed by atoms with E-state index in [1.165, 1.54) is 6.07 Å². The first-order valence-corrected chi connectivity index (χ1v) is 8.22. The second kappa shape index (κ2) is 6.90. The lowest BCUT2D eigenvalue weighted by molar-refractivity contribution is -0.139. The zero-order valence-corrected chi connectivity index (χ0v) is 13.2. The topological polar surface area (TPSA) is 108 Å². The third-order valence-electron chi connectivity index (χ3n) is 4.16. The second-order valence-corrected chi connectivity index (χ2v) is 6.50. The van der Waals surface area contributed by atoms with Crippen LogP contribution >= 0.6 is 0 Å². The minimum Gasteiger partial charge on any atom is -0.480 e. The van der Waals surface area contributed by atoms with Gasteiger partial charge in [-0.15, -0.1) is 0 Å². The van der Waals surface area contributed by atoms with Crippen molar-refractivity contribution in [3.8, 4) is 0 Å². The largest absolute Gasteiger partial charge is 0.480 e. The first-order chi connectivity index (χ1) is 11.5. The standard InChI is InChI=1S/C17H21N3O4/c21-15(20-14(16(22)23)8-10-4-5-10)11-2-1-3-13(9-11)19-17(24)18-12-6-7-12/h1-3,9-10,12,14H,4-8H2,(H,20,21)(H,22,23)(H2,18,19,24). The summed E-state index contributed by atoms with van der Waals surface area (Å²) in [7, 11) is 0. The van der Waals surface area contributed by atoms with Crippen LogP contribution in [-0.4, -0.2) is 35.1 Å². The Morgan fingerprint density at radius 2 is 1.92 bits per heavy atom. The number of hydrogen-bond donors (Lipinski definition) is 4. The van der Waals surface area contributed by atoms with Gasteiger partial charge in [-0.1, -0.05) is 18.9 Å². The molecule has 0 aliphatic heterocycles. The van der Waals surface area contributed by atoms with E-state index < -0.39 is 17.9 Å². The molecule has 1 atom stereocenters. The molecular formula is C17H21N3O4. The van der Waals surface area contributed by atoms with Crippen LogP contribution in [0.3, 0.4) is 0 Å². The first-order valence-electron chi connectivity index (χ1n) is 8.22. The van der Waals surface area contributed by atoms with Gasteiger partial charge in [-0.05, 0) is 43.4 Å². The van der Waals surface area contributed by atoms with E-state index >= 15 is 0 Å². The fourth-order valence-corrected chi connectivity index (χ4v) is 2.47. The highest BCUT2D eigenvalue weighted by atomic mass is 16.4. The molecule has 2 aliphatic carbocycles. The Hall–Kier alpha value is -2.57. The molecular weight excluding hydrogens is 310 g/mol. The van der Waals surface area contributed by atoms with Crippen LogP contribution < -0.4 is 16.0 Å². The zero-order valence-electron chi connectivity index (χ0n) is 13.2. The Morgan fingerprint density at radius 1 is 1.17 bits per heavy atom. The van der Waals surface area contributed by atoms with Crippen LogP contribution in [0.4, 0.5) is 10.5 Å². The molecule has 1 unspecified atom stereocenters. The molecule has 0 radical (unpaired) electrons. The number of amides is 3. The van der Waals surface area contributed by atoms with Crippen LogP contribution in [0.25, 0.3) is 0 Å². The number of carboxylic acids is 1. The van der Waals surface area contributed by atoms with Crippen LogP contribution in [-0.2, 0) is 4.79 Å². The molecule has 24 heavy (non-hydrogen) atoms. The third kappa shape index (κ3) is 4.71. The van der Waals surface area contributed by atoms with E-state index in [2.05, 4.69) is 16.0 Å². The molecule has 0 saturated heterocycles. The van der Waals surface area contributed by atoms with E-state index in [-0.39, 0.29) is 12.1 Å². The van der Waals surface area contributed by atoms with Gasteiger partial charge in [0.15, 0.2) is 0 Å². The average molecular weight is 331 g/mol. The van der Waals surface area contributed by atoms with Gasteiger partial charge in [0.05, 0.1) is 0 Å². The van der Waals surface area contributed by atoms with Crippen LogP contribution in [0.15, 0.2) is 24.3 Å². The summed E-state index contributed by atoms with van der Waals surface area (Å²) in [4.78, 5) is 35.3. The number of urea groups is 1. The van der Waals surface area contributed by atoms with Crippen molar-refractivity contribution < 1.29 is 19.5 Å². The van der Waals surface area contributed by atoms with E-state index in [0.29, 0.717) is 23.6 Å². The number of nitrogens with one attached hydrogen (secondary N) is 3. The fourth-order valence-electron chi connectivity index (χ4n) is 2.47. The lowest BCUT2D eigenvalue weighted by Crippen LogP contribution is -2.41. The Morgan fingerprint density at radius 3 is 2.54 bits per heavy atom. The molecule has 1 aromatic carbocycles. The van der Waals surface area contributed by atoms with Crippen LogP contribution in [0, 0.1) is 5.92 Å². The van der Waals surface area contributed by atoms with Crippen molar-refractivity contribution in [1.29, 1.82) is 0 Å². The van der Waals surface area contributed by atoms with Gasteiger partial charge in [-0.3, -0.25) is 4.79 Å². The summed E-state index contributed by atoms with van der Waals surface area (Å²) in [5, 5.41) is 17.3. The highest BCUT2D eigenvalue weighted by Crippen LogP contribution is 2.33. The summed E-state index contributed by atoms with van der Waals surface area (Å²) in [6, 6.07) is 5.54. The normalized spacial score (nSPS) is 17.7. The Labute approximate surface area is 139 Å². The number of aliphatic carboxylic acids is 1. The van der Waals surface area contributed by atoms with Gasteiger partial charge < -0.3 is 21.1 Å². The number of benzene rings is 1. The number of rotatable bonds is 7. The minimum absolute atomic E-state index is 0.246. The summed E-state index contributed by atoms with van der Waals surface area (Å²) in [6.45, 7) is 0. The van der Waals surface area contributed by atoms with Crippen molar-refractivity contribution in [3.63, 3.8) is 0 Å². The van der Waals surface area contributed by atoms with Crippen molar-refractivity contribution in [2.24, 2.45) is 5.92 Å². The van der Waals surface area contributed by atoms with Crippen LogP contribution in [0.1, 0.15) is 42.5 Å². The maximum Gasteiger partial charge on any atom is 0.326 e.